The molecule has 2 atom stereocenters. The van der Waals surface area contributed by atoms with Crippen LogP contribution in [0.25, 0.3) is 0 Å². The molecule has 0 N–H and O–H groups in total. The Kier molecular flexibility index (Phi) is 1.87. The second-order valence-electron chi connectivity index (χ2n) is 2.68. The highest BCUT2D eigenvalue weighted by molar-refractivity contribution is 6.31. The van der Waals surface area contributed by atoms with Crippen molar-refractivity contribution in [2.45, 2.75) is 12.2 Å². The molecule has 2 nitrogen and oxygen atoms in total. The number of ether oxygens (including phenoxy) is 1. The standard InChI is InChI=1S/C9H7ClO2/c10-7-4-2-1-3-6(7)9-8(5-11)12-9/h1-5,8-9H/t8-,9-/m0/s1. The number of rotatable bonds is 2. The summed E-state index contributed by atoms with van der Waals surface area (Å²) in [6.45, 7) is 0. The lowest BCUT2D eigenvalue weighted by Gasteiger charge is -1.96. The summed E-state index contributed by atoms with van der Waals surface area (Å²) in [7, 11) is 0. The zero-order valence-electron chi connectivity index (χ0n) is 6.24. The summed E-state index contributed by atoms with van der Waals surface area (Å²) in [6, 6.07) is 7.39. The Balaban J connectivity index is 2.25. The molecule has 0 amide bonds. The van der Waals surface area contributed by atoms with E-state index in [-0.39, 0.29) is 12.2 Å². The Bertz CT molecular complexity index is 311. The van der Waals surface area contributed by atoms with E-state index in [1.807, 2.05) is 18.2 Å². The van der Waals surface area contributed by atoms with Gasteiger partial charge in [-0.15, -0.1) is 0 Å². The molecule has 1 aliphatic heterocycles. The van der Waals surface area contributed by atoms with E-state index in [2.05, 4.69) is 0 Å². The second-order valence-corrected chi connectivity index (χ2v) is 3.09. The Morgan fingerprint density at radius 3 is 2.75 bits per heavy atom. The lowest BCUT2D eigenvalue weighted by Crippen LogP contribution is -1.89. The Morgan fingerprint density at radius 1 is 1.42 bits per heavy atom. The van der Waals surface area contributed by atoms with E-state index >= 15 is 0 Å². The minimum atomic E-state index is -0.287. The largest absolute Gasteiger partial charge is 0.356 e. The van der Waals surface area contributed by atoms with Crippen molar-refractivity contribution < 1.29 is 9.53 Å². The lowest BCUT2D eigenvalue weighted by atomic mass is 10.1. The maximum Gasteiger partial charge on any atom is 0.151 e. The van der Waals surface area contributed by atoms with Crippen molar-refractivity contribution in [1.82, 2.24) is 0 Å². The fourth-order valence-electron chi connectivity index (χ4n) is 1.18. The number of hydrogen-bond donors (Lipinski definition) is 0. The van der Waals surface area contributed by atoms with Gasteiger partial charge in [0.05, 0.1) is 0 Å². The molecule has 0 aliphatic carbocycles. The molecule has 0 saturated carbocycles. The smallest absolute Gasteiger partial charge is 0.151 e. The van der Waals surface area contributed by atoms with E-state index in [1.165, 1.54) is 0 Å². The quantitative estimate of drug-likeness (QED) is 0.517. The zero-order chi connectivity index (χ0) is 8.55. The van der Waals surface area contributed by atoms with Crippen LogP contribution in [0, 0.1) is 0 Å². The Labute approximate surface area is 75.1 Å². The zero-order valence-corrected chi connectivity index (χ0v) is 6.99. The van der Waals surface area contributed by atoms with Crippen LogP contribution in [0.5, 0.6) is 0 Å². The van der Waals surface area contributed by atoms with E-state index in [1.54, 1.807) is 6.07 Å². The van der Waals surface area contributed by atoms with Gasteiger partial charge in [-0.1, -0.05) is 29.8 Å². The van der Waals surface area contributed by atoms with Gasteiger partial charge in [-0.05, 0) is 6.07 Å². The molecule has 62 valence electrons. The van der Waals surface area contributed by atoms with Crippen molar-refractivity contribution in [3.63, 3.8) is 0 Å². The van der Waals surface area contributed by atoms with Gasteiger partial charge in [0.2, 0.25) is 0 Å². The van der Waals surface area contributed by atoms with Gasteiger partial charge in [-0.2, -0.15) is 0 Å². The van der Waals surface area contributed by atoms with Crippen LogP contribution in [0.2, 0.25) is 5.02 Å². The van der Waals surface area contributed by atoms with Gasteiger partial charge in [0, 0.05) is 10.6 Å². The van der Waals surface area contributed by atoms with Crippen LogP contribution in [-0.4, -0.2) is 12.4 Å². The topological polar surface area (TPSA) is 29.6 Å². The van der Waals surface area contributed by atoms with Crippen LogP contribution in [-0.2, 0) is 9.53 Å². The fourth-order valence-corrected chi connectivity index (χ4v) is 1.43. The highest BCUT2D eigenvalue weighted by Gasteiger charge is 2.40. The number of epoxide rings is 1. The molecule has 3 heteroatoms. The summed E-state index contributed by atoms with van der Waals surface area (Å²) in [5.74, 6) is 0. The predicted molar refractivity (Wildman–Crippen MR) is 45.1 cm³/mol. The van der Waals surface area contributed by atoms with E-state index in [0.717, 1.165) is 11.8 Å². The van der Waals surface area contributed by atoms with Crippen LogP contribution in [0.3, 0.4) is 0 Å². The van der Waals surface area contributed by atoms with Gasteiger partial charge in [-0.3, -0.25) is 0 Å². The van der Waals surface area contributed by atoms with Crippen LogP contribution >= 0.6 is 11.6 Å². The molecule has 1 saturated heterocycles. The summed E-state index contributed by atoms with van der Waals surface area (Å²) < 4.78 is 5.08. The lowest BCUT2D eigenvalue weighted by molar-refractivity contribution is -0.108. The monoisotopic (exact) mass is 182 g/mol. The molecule has 1 aromatic rings. The maximum absolute atomic E-state index is 10.3. The number of halogens is 1. The van der Waals surface area contributed by atoms with Crippen molar-refractivity contribution in [2.75, 3.05) is 0 Å². The molecule has 0 bridgehead atoms. The average Bonchev–Trinajstić information content (AvgIpc) is 2.84. The van der Waals surface area contributed by atoms with Crippen molar-refractivity contribution in [3.05, 3.63) is 34.9 Å². The SMILES string of the molecule is O=C[C@@H]1O[C@H]1c1ccccc1Cl. The molecular formula is C9H7ClO2. The first-order valence-electron chi connectivity index (χ1n) is 3.68. The first-order valence-corrected chi connectivity index (χ1v) is 4.06. The van der Waals surface area contributed by atoms with Gasteiger partial charge < -0.3 is 9.53 Å². The first-order chi connectivity index (χ1) is 5.83. The summed E-state index contributed by atoms with van der Waals surface area (Å²) >= 11 is 5.89. The fraction of sp³-hybridized carbons (Fsp3) is 0.222. The molecule has 0 unspecified atom stereocenters. The van der Waals surface area contributed by atoms with Crippen LogP contribution in [0.15, 0.2) is 24.3 Å². The van der Waals surface area contributed by atoms with Gasteiger partial charge in [-0.25, -0.2) is 0 Å². The molecular weight excluding hydrogens is 176 g/mol. The molecule has 12 heavy (non-hydrogen) atoms. The molecule has 1 aromatic carbocycles. The normalized spacial score (nSPS) is 26.8. The molecule has 1 aliphatic rings. The minimum Gasteiger partial charge on any atom is -0.356 e. The molecule has 0 spiro atoms. The Hall–Kier alpha value is -0.860. The molecule has 2 rings (SSSR count). The number of aldehydes is 1. The molecule has 0 aromatic heterocycles. The number of benzene rings is 1. The summed E-state index contributed by atoms with van der Waals surface area (Å²) in [5.41, 5.74) is 0.899. The van der Waals surface area contributed by atoms with Crippen molar-refractivity contribution in [3.8, 4) is 0 Å². The second kappa shape index (κ2) is 2.88. The van der Waals surface area contributed by atoms with E-state index in [9.17, 15) is 4.79 Å². The highest BCUT2D eigenvalue weighted by atomic mass is 35.5. The number of hydrogen-bond acceptors (Lipinski definition) is 2. The van der Waals surface area contributed by atoms with Crippen LogP contribution in [0.1, 0.15) is 11.7 Å². The third-order valence-electron chi connectivity index (χ3n) is 1.87. The predicted octanol–water partition coefficient (Wildman–Crippen LogP) is 1.98. The van der Waals surface area contributed by atoms with Crippen molar-refractivity contribution in [1.29, 1.82) is 0 Å². The molecule has 1 heterocycles. The molecule has 1 fully saturated rings. The van der Waals surface area contributed by atoms with E-state index < -0.39 is 0 Å². The van der Waals surface area contributed by atoms with Gasteiger partial charge >= 0.3 is 0 Å². The van der Waals surface area contributed by atoms with E-state index in [0.29, 0.717) is 5.02 Å². The summed E-state index contributed by atoms with van der Waals surface area (Å²) in [5, 5.41) is 0.659. The summed E-state index contributed by atoms with van der Waals surface area (Å²) in [6.07, 6.45) is 0.398. The third-order valence-corrected chi connectivity index (χ3v) is 2.22. The summed E-state index contributed by atoms with van der Waals surface area (Å²) in [4.78, 5) is 10.3. The third kappa shape index (κ3) is 1.24. The van der Waals surface area contributed by atoms with Crippen molar-refractivity contribution >= 4 is 17.9 Å². The maximum atomic E-state index is 10.3. The number of carbonyl (C=O) groups is 1. The van der Waals surface area contributed by atoms with Gasteiger partial charge in [0.25, 0.3) is 0 Å². The minimum absolute atomic E-state index is 0.115. The average molecular weight is 183 g/mol. The first kappa shape index (κ1) is 7.77. The number of carbonyl (C=O) groups excluding carboxylic acids is 1. The van der Waals surface area contributed by atoms with Gasteiger partial charge in [0.15, 0.2) is 6.29 Å². The highest BCUT2D eigenvalue weighted by Crippen LogP contribution is 2.40. The van der Waals surface area contributed by atoms with E-state index in [4.69, 9.17) is 16.3 Å². The van der Waals surface area contributed by atoms with Crippen LogP contribution < -0.4 is 0 Å². The van der Waals surface area contributed by atoms with Crippen LogP contribution in [0.4, 0.5) is 0 Å². The Morgan fingerprint density at radius 2 is 2.17 bits per heavy atom. The van der Waals surface area contributed by atoms with Crippen molar-refractivity contribution in [2.24, 2.45) is 0 Å². The molecule has 0 radical (unpaired) electrons. The van der Waals surface area contributed by atoms with Gasteiger partial charge in [0.1, 0.15) is 12.2 Å².